The van der Waals surface area contributed by atoms with Crippen molar-refractivity contribution < 1.29 is 13.9 Å². The number of amides is 1. The number of halogens is 1. The van der Waals surface area contributed by atoms with Crippen molar-refractivity contribution in [1.82, 2.24) is 15.3 Å². The molecule has 0 saturated heterocycles. The van der Waals surface area contributed by atoms with Crippen LogP contribution in [0.2, 0.25) is 0 Å². The zero-order valence-electron chi connectivity index (χ0n) is 15.5. The van der Waals surface area contributed by atoms with Crippen molar-refractivity contribution >= 4 is 11.7 Å². The average molecular weight is 380 g/mol. The van der Waals surface area contributed by atoms with E-state index in [1.165, 1.54) is 18.5 Å². The topological polar surface area (TPSA) is 76.1 Å². The Morgan fingerprint density at radius 2 is 1.75 bits per heavy atom. The SMILES string of the molecule is COc1ccc(CCNC(=O)c2cc(NCc3ccc(F)cc3)ncn2)cc1. The number of hydrogen-bond donors (Lipinski definition) is 2. The zero-order valence-corrected chi connectivity index (χ0v) is 15.5. The molecule has 1 amide bonds. The summed E-state index contributed by atoms with van der Waals surface area (Å²) in [5.41, 5.74) is 2.29. The number of nitrogens with one attached hydrogen (secondary N) is 2. The average Bonchev–Trinajstić information content (AvgIpc) is 2.74. The molecule has 0 aliphatic rings. The van der Waals surface area contributed by atoms with Crippen molar-refractivity contribution in [3.8, 4) is 5.75 Å². The van der Waals surface area contributed by atoms with Crippen LogP contribution in [0.1, 0.15) is 21.6 Å². The van der Waals surface area contributed by atoms with Gasteiger partial charge in [0.05, 0.1) is 7.11 Å². The molecule has 3 rings (SSSR count). The van der Waals surface area contributed by atoms with Crippen molar-refractivity contribution in [3.05, 3.63) is 83.6 Å². The van der Waals surface area contributed by atoms with Crippen LogP contribution in [0.15, 0.2) is 60.9 Å². The second-order valence-electron chi connectivity index (χ2n) is 6.12. The predicted octanol–water partition coefficient (Wildman–Crippen LogP) is 3.21. The van der Waals surface area contributed by atoms with Crippen LogP contribution in [0, 0.1) is 5.82 Å². The highest BCUT2D eigenvalue weighted by molar-refractivity contribution is 5.92. The number of nitrogens with zero attached hydrogens (tertiary/aromatic N) is 2. The molecule has 6 nitrogen and oxygen atoms in total. The van der Waals surface area contributed by atoms with E-state index in [1.54, 1.807) is 25.3 Å². The highest BCUT2D eigenvalue weighted by Gasteiger charge is 2.08. The Hall–Kier alpha value is -3.48. The molecule has 7 heteroatoms. The van der Waals surface area contributed by atoms with E-state index in [9.17, 15) is 9.18 Å². The quantitative estimate of drug-likeness (QED) is 0.628. The van der Waals surface area contributed by atoms with E-state index < -0.39 is 0 Å². The maximum atomic E-state index is 12.9. The first-order valence-electron chi connectivity index (χ1n) is 8.85. The Morgan fingerprint density at radius 3 is 2.46 bits per heavy atom. The molecule has 0 bridgehead atoms. The Balaban J connectivity index is 1.50. The first-order valence-corrected chi connectivity index (χ1v) is 8.85. The molecule has 28 heavy (non-hydrogen) atoms. The van der Waals surface area contributed by atoms with Crippen LogP contribution in [0.3, 0.4) is 0 Å². The first-order chi connectivity index (χ1) is 13.6. The summed E-state index contributed by atoms with van der Waals surface area (Å²) in [6.45, 7) is 0.962. The lowest BCUT2D eigenvalue weighted by molar-refractivity contribution is 0.0949. The molecule has 2 N–H and O–H groups in total. The summed E-state index contributed by atoms with van der Waals surface area (Å²) in [6, 6.07) is 15.5. The lowest BCUT2D eigenvalue weighted by atomic mass is 10.1. The van der Waals surface area contributed by atoms with E-state index >= 15 is 0 Å². The van der Waals surface area contributed by atoms with E-state index in [4.69, 9.17) is 4.74 Å². The molecule has 2 aromatic carbocycles. The second kappa shape index (κ2) is 9.45. The highest BCUT2D eigenvalue weighted by Crippen LogP contribution is 2.12. The summed E-state index contributed by atoms with van der Waals surface area (Å²) < 4.78 is 18.1. The third-order valence-electron chi connectivity index (χ3n) is 4.14. The number of aromatic nitrogens is 2. The standard InChI is InChI=1S/C21H21FN4O2/c1-28-18-8-4-15(5-9-18)10-11-23-21(27)19-12-20(26-14-25-19)24-13-16-2-6-17(22)7-3-16/h2-9,12,14H,10-11,13H2,1H3,(H,23,27)(H,24,25,26). The summed E-state index contributed by atoms with van der Waals surface area (Å²) in [4.78, 5) is 20.4. The van der Waals surface area contributed by atoms with Gasteiger partial charge in [0.2, 0.25) is 0 Å². The van der Waals surface area contributed by atoms with Crippen molar-refractivity contribution in [2.24, 2.45) is 0 Å². The van der Waals surface area contributed by atoms with E-state index in [0.717, 1.165) is 16.9 Å². The van der Waals surface area contributed by atoms with Crippen LogP contribution in [-0.2, 0) is 13.0 Å². The van der Waals surface area contributed by atoms with E-state index in [-0.39, 0.29) is 17.4 Å². The van der Waals surface area contributed by atoms with Gasteiger partial charge in [-0.2, -0.15) is 0 Å². The molecule has 0 atom stereocenters. The van der Waals surface area contributed by atoms with Crippen LogP contribution in [0.5, 0.6) is 5.75 Å². The van der Waals surface area contributed by atoms with E-state index in [2.05, 4.69) is 20.6 Å². The molecule has 144 valence electrons. The number of rotatable bonds is 8. The Labute approximate surface area is 162 Å². The summed E-state index contributed by atoms with van der Waals surface area (Å²) in [6.07, 6.45) is 2.04. The van der Waals surface area contributed by atoms with Crippen molar-refractivity contribution in [3.63, 3.8) is 0 Å². The summed E-state index contributed by atoms with van der Waals surface area (Å²) >= 11 is 0. The summed E-state index contributed by atoms with van der Waals surface area (Å²) in [7, 11) is 1.62. The van der Waals surface area contributed by atoms with Crippen molar-refractivity contribution in [2.45, 2.75) is 13.0 Å². The number of carbonyl (C=O) groups excluding carboxylic acids is 1. The molecule has 0 fully saturated rings. The predicted molar refractivity (Wildman–Crippen MR) is 105 cm³/mol. The fourth-order valence-corrected chi connectivity index (χ4v) is 2.58. The number of benzene rings is 2. The van der Waals surface area contributed by atoms with Crippen molar-refractivity contribution in [1.29, 1.82) is 0 Å². The Bertz CT molecular complexity index is 914. The normalized spacial score (nSPS) is 10.4. The maximum absolute atomic E-state index is 12.9. The summed E-state index contributed by atoms with van der Waals surface area (Å²) in [5, 5.41) is 5.96. The first kappa shape index (κ1) is 19.3. The maximum Gasteiger partial charge on any atom is 0.270 e. The molecular formula is C21H21FN4O2. The van der Waals surface area contributed by atoms with Crippen LogP contribution in [0.25, 0.3) is 0 Å². The Kier molecular flexibility index (Phi) is 6.51. The largest absolute Gasteiger partial charge is 0.497 e. The fraction of sp³-hybridized carbons (Fsp3) is 0.190. The molecular weight excluding hydrogens is 359 g/mol. The van der Waals surface area contributed by atoms with Gasteiger partial charge in [0.1, 0.15) is 29.4 Å². The zero-order chi connectivity index (χ0) is 19.8. The number of methoxy groups -OCH3 is 1. The smallest absolute Gasteiger partial charge is 0.270 e. The van der Waals surface area contributed by atoms with Crippen molar-refractivity contribution in [2.75, 3.05) is 19.0 Å². The summed E-state index contributed by atoms with van der Waals surface area (Å²) in [5.74, 6) is 0.786. The van der Waals surface area contributed by atoms with Crippen LogP contribution >= 0.6 is 0 Å². The molecule has 0 spiro atoms. The molecule has 0 aliphatic heterocycles. The molecule has 0 unspecified atom stereocenters. The number of hydrogen-bond acceptors (Lipinski definition) is 5. The minimum absolute atomic E-state index is 0.263. The lowest BCUT2D eigenvalue weighted by Gasteiger charge is -2.08. The number of ether oxygens (including phenoxy) is 1. The molecule has 0 radical (unpaired) electrons. The van der Waals surface area contributed by atoms with Gasteiger partial charge in [0.25, 0.3) is 5.91 Å². The molecule has 0 saturated carbocycles. The minimum Gasteiger partial charge on any atom is -0.497 e. The van der Waals surface area contributed by atoms with Gasteiger partial charge in [-0.05, 0) is 41.8 Å². The lowest BCUT2D eigenvalue weighted by Crippen LogP contribution is -2.26. The highest BCUT2D eigenvalue weighted by atomic mass is 19.1. The van der Waals surface area contributed by atoms with Gasteiger partial charge in [-0.25, -0.2) is 14.4 Å². The second-order valence-corrected chi connectivity index (χ2v) is 6.12. The van der Waals surface area contributed by atoms with Gasteiger partial charge >= 0.3 is 0 Å². The van der Waals surface area contributed by atoms with Gasteiger partial charge in [0, 0.05) is 19.2 Å². The van der Waals surface area contributed by atoms with Crippen LogP contribution < -0.4 is 15.4 Å². The van der Waals surface area contributed by atoms with Crippen LogP contribution in [-0.4, -0.2) is 29.5 Å². The van der Waals surface area contributed by atoms with Crippen LogP contribution in [0.4, 0.5) is 10.2 Å². The van der Waals surface area contributed by atoms with Gasteiger partial charge < -0.3 is 15.4 Å². The van der Waals surface area contributed by atoms with E-state index in [1.807, 2.05) is 24.3 Å². The van der Waals surface area contributed by atoms with Gasteiger partial charge in [-0.15, -0.1) is 0 Å². The molecule has 1 heterocycles. The third-order valence-corrected chi connectivity index (χ3v) is 4.14. The number of anilines is 1. The molecule has 1 aromatic heterocycles. The van der Waals surface area contributed by atoms with Gasteiger partial charge in [-0.1, -0.05) is 24.3 Å². The molecule has 3 aromatic rings. The number of carbonyl (C=O) groups is 1. The molecule has 0 aliphatic carbocycles. The van der Waals surface area contributed by atoms with Gasteiger partial charge in [-0.3, -0.25) is 4.79 Å². The third kappa shape index (κ3) is 5.51. The minimum atomic E-state index is -0.278. The van der Waals surface area contributed by atoms with Gasteiger partial charge in [0.15, 0.2) is 0 Å². The monoisotopic (exact) mass is 380 g/mol. The van der Waals surface area contributed by atoms with E-state index in [0.29, 0.717) is 25.3 Å². The fourth-order valence-electron chi connectivity index (χ4n) is 2.58. The Morgan fingerprint density at radius 1 is 1.04 bits per heavy atom.